The van der Waals surface area contributed by atoms with Crippen molar-refractivity contribution in [3.63, 3.8) is 0 Å². The summed E-state index contributed by atoms with van der Waals surface area (Å²) in [6.07, 6.45) is 66.6. The summed E-state index contributed by atoms with van der Waals surface area (Å²) in [6.45, 7) is 21.4. The highest BCUT2D eigenvalue weighted by molar-refractivity contribution is 6.37. The molecule has 0 aromatic carbocycles. The average Bonchev–Trinajstić information content (AvgIpc) is 3.33. The van der Waals surface area contributed by atoms with Gasteiger partial charge in [0.2, 0.25) is 0 Å². The number of unbranched alkanes of at least 4 members (excludes halogenated alkanes) is 33. The van der Waals surface area contributed by atoms with Gasteiger partial charge in [-0.05, 0) is 57.8 Å². The lowest BCUT2D eigenvalue weighted by molar-refractivity contribution is -0.112. The van der Waals surface area contributed by atoms with Gasteiger partial charge in [-0.15, -0.1) is 0 Å². The summed E-state index contributed by atoms with van der Waals surface area (Å²) in [7, 11) is 0. The van der Waals surface area contributed by atoms with Crippen LogP contribution in [0.2, 0.25) is 0 Å². The molecule has 0 rings (SSSR count). The maximum Gasteiger partial charge on any atom is 0.906 e. The molecule has 0 radical (unpaired) electrons. The minimum atomic E-state index is -2.66. The molecule has 0 aliphatic rings. The third-order valence-corrected chi connectivity index (χ3v) is 18.0. The zero-order chi connectivity index (χ0) is 49.3. The van der Waals surface area contributed by atoms with Crippen LogP contribution in [-0.2, 0) is 11.4 Å². The Morgan fingerprint density at radius 3 is 0.478 bits per heavy atom. The van der Waals surface area contributed by atoms with Gasteiger partial charge < -0.3 is 11.4 Å². The Bertz CT molecular complexity index is 787. The standard InChI is InChI=1S/3C21H43O.Al/c3*1-4-7-10-12-14-16-19-21(22,18-9-6-3)20-17-15-13-11-8-5-2;/h3*4-20H2,1-3H3;/q3*-1;+3. The van der Waals surface area contributed by atoms with Gasteiger partial charge >= 0.3 is 15.1 Å². The lowest BCUT2D eigenvalue weighted by Gasteiger charge is -2.45. The van der Waals surface area contributed by atoms with Crippen molar-refractivity contribution in [3.05, 3.63) is 0 Å². The van der Waals surface area contributed by atoms with Crippen LogP contribution in [0.25, 0.3) is 0 Å². The average molecular weight is 962 g/mol. The van der Waals surface area contributed by atoms with Crippen LogP contribution in [0.1, 0.15) is 390 Å². The smallest absolute Gasteiger partial charge is 0.449 e. The molecular formula is C63H129AlO3. The normalized spacial score (nSPS) is 12.5. The molecule has 0 aromatic heterocycles. The van der Waals surface area contributed by atoms with E-state index in [1.807, 2.05) is 0 Å². The SMILES string of the molecule is CCCCCCCCC(CCCC)(CCCCCCCC)[O][Al]([O]C(CCCC)(CCCCCCCC)CCCCCCCC)[O]C(CCCC)(CCCCCCCC)CCCCCCCC. The van der Waals surface area contributed by atoms with Crippen molar-refractivity contribution in [2.75, 3.05) is 0 Å². The Balaban J connectivity index is 7.62. The van der Waals surface area contributed by atoms with Crippen LogP contribution < -0.4 is 0 Å². The van der Waals surface area contributed by atoms with Gasteiger partial charge in [0, 0.05) is 16.8 Å². The lowest BCUT2D eigenvalue weighted by atomic mass is 9.85. The van der Waals surface area contributed by atoms with Crippen LogP contribution >= 0.6 is 0 Å². The van der Waals surface area contributed by atoms with Crippen molar-refractivity contribution in [1.29, 1.82) is 0 Å². The summed E-state index contributed by atoms with van der Waals surface area (Å²) in [5.41, 5.74) is -0.387. The summed E-state index contributed by atoms with van der Waals surface area (Å²) < 4.78 is 24.6. The van der Waals surface area contributed by atoms with Gasteiger partial charge in [-0.1, -0.05) is 332 Å². The number of rotatable bonds is 57. The van der Waals surface area contributed by atoms with Crippen molar-refractivity contribution < 1.29 is 11.4 Å². The van der Waals surface area contributed by atoms with Gasteiger partial charge in [0.05, 0.1) is 0 Å². The monoisotopic (exact) mass is 961 g/mol. The van der Waals surface area contributed by atoms with Gasteiger partial charge in [-0.2, -0.15) is 0 Å². The molecule has 3 nitrogen and oxygen atoms in total. The van der Waals surface area contributed by atoms with Gasteiger partial charge in [0.1, 0.15) is 0 Å². The molecule has 0 amide bonds. The van der Waals surface area contributed by atoms with Crippen LogP contribution in [0.4, 0.5) is 0 Å². The maximum atomic E-state index is 8.20. The Morgan fingerprint density at radius 2 is 0.313 bits per heavy atom. The van der Waals surface area contributed by atoms with Crippen molar-refractivity contribution in [1.82, 2.24) is 0 Å². The quantitative estimate of drug-likeness (QED) is 0.0449. The predicted octanol–water partition coefficient (Wildman–Crippen LogP) is 23.3. The minimum Gasteiger partial charge on any atom is -0.449 e. The third-order valence-electron chi connectivity index (χ3n) is 15.9. The highest BCUT2D eigenvalue weighted by atomic mass is 27.3. The Morgan fingerprint density at radius 1 is 0.179 bits per heavy atom. The molecule has 0 fully saturated rings. The molecule has 0 spiro atoms. The molecule has 0 N–H and O–H groups in total. The van der Waals surface area contributed by atoms with Crippen LogP contribution in [-0.4, -0.2) is 32.0 Å². The fourth-order valence-electron chi connectivity index (χ4n) is 11.2. The van der Waals surface area contributed by atoms with E-state index in [1.165, 1.54) is 327 Å². The molecule has 0 saturated heterocycles. The number of hydrogen-bond acceptors (Lipinski definition) is 3. The van der Waals surface area contributed by atoms with Crippen molar-refractivity contribution in [3.8, 4) is 0 Å². The fourth-order valence-corrected chi connectivity index (χ4v) is 13.6. The van der Waals surface area contributed by atoms with Gasteiger partial charge in [-0.3, -0.25) is 0 Å². The zero-order valence-electron chi connectivity index (χ0n) is 48.4. The topological polar surface area (TPSA) is 27.7 Å². The first-order valence-corrected chi connectivity index (χ1v) is 33.3. The molecule has 0 unspecified atom stereocenters. The number of hydrogen-bond donors (Lipinski definition) is 0. The molecular weight excluding hydrogens is 832 g/mol. The molecule has 402 valence electrons. The first-order valence-electron chi connectivity index (χ1n) is 31.9. The largest absolute Gasteiger partial charge is 0.906 e. The highest BCUT2D eigenvalue weighted by Crippen LogP contribution is 2.41. The van der Waals surface area contributed by atoms with E-state index in [1.54, 1.807) is 0 Å². The molecule has 0 bridgehead atoms. The first-order chi connectivity index (χ1) is 32.8. The summed E-state index contributed by atoms with van der Waals surface area (Å²) >= 11 is -2.66. The van der Waals surface area contributed by atoms with Gasteiger partial charge in [-0.25, -0.2) is 0 Å². The van der Waals surface area contributed by atoms with E-state index in [4.69, 9.17) is 11.4 Å². The summed E-state index contributed by atoms with van der Waals surface area (Å²) in [5, 5.41) is 0. The molecule has 67 heavy (non-hydrogen) atoms. The van der Waals surface area contributed by atoms with Crippen LogP contribution in [0.3, 0.4) is 0 Å². The van der Waals surface area contributed by atoms with Crippen molar-refractivity contribution in [2.45, 2.75) is 407 Å². The van der Waals surface area contributed by atoms with Gasteiger partial charge in [0.25, 0.3) is 0 Å². The second-order valence-electron chi connectivity index (χ2n) is 22.6. The first kappa shape index (κ1) is 67.4. The molecule has 0 heterocycles. The van der Waals surface area contributed by atoms with Crippen LogP contribution in [0, 0.1) is 0 Å². The Labute approximate surface area is 430 Å². The van der Waals surface area contributed by atoms with Gasteiger partial charge in [0.15, 0.2) is 0 Å². The minimum absolute atomic E-state index is 0.129. The summed E-state index contributed by atoms with van der Waals surface area (Å²) in [5.74, 6) is 0. The molecule has 0 aliphatic heterocycles. The fraction of sp³-hybridized carbons (Fsp3) is 1.00. The molecule has 0 atom stereocenters. The van der Waals surface area contributed by atoms with E-state index in [2.05, 4.69) is 62.3 Å². The van der Waals surface area contributed by atoms with E-state index >= 15 is 0 Å². The maximum absolute atomic E-state index is 8.20. The van der Waals surface area contributed by atoms with E-state index in [9.17, 15) is 0 Å². The zero-order valence-corrected chi connectivity index (χ0v) is 49.5. The molecule has 0 aromatic rings. The summed E-state index contributed by atoms with van der Waals surface area (Å²) in [4.78, 5) is 0. The second kappa shape index (κ2) is 50.0. The predicted molar refractivity (Wildman–Crippen MR) is 304 cm³/mol. The van der Waals surface area contributed by atoms with Crippen molar-refractivity contribution in [2.24, 2.45) is 0 Å². The van der Waals surface area contributed by atoms with Crippen LogP contribution in [0.5, 0.6) is 0 Å². The molecule has 0 saturated carbocycles. The Kier molecular flexibility index (Phi) is 50.3. The van der Waals surface area contributed by atoms with E-state index in [-0.39, 0.29) is 16.8 Å². The summed E-state index contributed by atoms with van der Waals surface area (Å²) in [6, 6.07) is 0. The lowest BCUT2D eigenvalue weighted by Crippen LogP contribution is -2.52. The Hall–Kier alpha value is 0.412. The molecule has 4 heteroatoms. The van der Waals surface area contributed by atoms with Crippen LogP contribution in [0.15, 0.2) is 0 Å². The highest BCUT2D eigenvalue weighted by Gasteiger charge is 2.51. The second-order valence-corrected chi connectivity index (χ2v) is 23.9. The van der Waals surface area contributed by atoms with Crippen molar-refractivity contribution >= 4 is 15.1 Å². The third kappa shape index (κ3) is 38.7. The van der Waals surface area contributed by atoms with E-state index in [0.717, 1.165) is 0 Å². The molecule has 0 aliphatic carbocycles. The van der Waals surface area contributed by atoms with E-state index in [0.29, 0.717) is 0 Å². The van der Waals surface area contributed by atoms with E-state index < -0.39 is 15.1 Å².